The smallest absolute Gasteiger partial charge is 0.363 e. The number of nitrogens with zero attached hydrogens (tertiary/aromatic N) is 1. The van der Waals surface area contributed by atoms with E-state index in [1.807, 2.05) is 31.2 Å². The minimum atomic E-state index is -0.559. The Morgan fingerprint density at radius 1 is 1.29 bits per heavy atom. The minimum Gasteiger partial charge on any atom is -0.490 e. The van der Waals surface area contributed by atoms with Crippen molar-refractivity contribution in [2.24, 2.45) is 4.99 Å². The van der Waals surface area contributed by atoms with Gasteiger partial charge in [0.05, 0.1) is 11.6 Å². The highest BCUT2D eigenvalue weighted by atomic mass is 35.5. The molecule has 0 bridgehead atoms. The van der Waals surface area contributed by atoms with E-state index in [-0.39, 0.29) is 22.4 Å². The van der Waals surface area contributed by atoms with Crippen LogP contribution in [-0.4, -0.2) is 24.4 Å². The molecule has 0 aliphatic carbocycles. The number of halogens is 1. The second-order valence-corrected chi connectivity index (χ2v) is 6.41. The van der Waals surface area contributed by atoms with Crippen LogP contribution < -0.4 is 9.47 Å². The topological polar surface area (TPSA) is 74.2 Å². The zero-order valence-electron chi connectivity index (χ0n) is 15.6. The number of carbonyl (C=O) groups excluding carboxylic acids is 2. The maximum Gasteiger partial charge on any atom is 0.363 e. The summed E-state index contributed by atoms with van der Waals surface area (Å²) in [6.45, 7) is 5.33. The van der Waals surface area contributed by atoms with Gasteiger partial charge in [0.2, 0.25) is 5.90 Å². The van der Waals surface area contributed by atoms with Gasteiger partial charge in [-0.2, -0.15) is 0 Å². The molecule has 0 saturated carbocycles. The number of ether oxygens (including phenoxy) is 3. The van der Waals surface area contributed by atoms with Crippen LogP contribution in [0.1, 0.15) is 30.5 Å². The lowest BCUT2D eigenvalue weighted by Crippen LogP contribution is -2.06. The van der Waals surface area contributed by atoms with Gasteiger partial charge in [-0.05, 0) is 49.2 Å². The van der Waals surface area contributed by atoms with Gasteiger partial charge in [-0.3, -0.25) is 4.79 Å². The Morgan fingerprint density at radius 2 is 2.04 bits per heavy atom. The molecule has 0 spiro atoms. The lowest BCUT2D eigenvalue weighted by molar-refractivity contribution is -0.132. The van der Waals surface area contributed by atoms with Crippen molar-refractivity contribution in [3.05, 3.63) is 63.8 Å². The molecule has 1 aliphatic rings. The van der Waals surface area contributed by atoms with Crippen LogP contribution in [0.3, 0.4) is 0 Å². The molecule has 0 fully saturated rings. The highest BCUT2D eigenvalue weighted by Gasteiger charge is 2.25. The predicted octanol–water partition coefficient (Wildman–Crippen LogP) is 4.32. The summed E-state index contributed by atoms with van der Waals surface area (Å²) in [6.07, 6.45) is 1.54. The fourth-order valence-corrected chi connectivity index (χ4v) is 2.93. The summed E-state index contributed by atoms with van der Waals surface area (Å²) in [5.41, 5.74) is 2.39. The van der Waals surface area contributed by atoms with Gasteiger partial charge in [-0.15, -0.1) is 0 Å². The fraction of sp³-hybridized carbons (Fsp3) is 0.190. The number of aliphatic imine (C=N–C) groups is 1. The molecular weight excluding hydrogens is 382 g/mol. The molecule has 2 aromatic carbocycles. The Balaban J connectivity index is 1.99. The summed E-state index contributed by atoms with van der Waals surface area (Å²) in [6, 6.07) is 10.7. The SMILES string of the molecule is CCOc1cc(/C=C2\N=C(c3ccccc3C)OC2=O)cc(Cl)c1OC(C)=O. The Bertz CT molecular complexity index is 1010. The van der Waals surface area contributed by atoms with Crippen molar-refractivity contribution in [2.45, 2.75) is 20.8 Å². The second-order valence-electron chi connectivity index (χ2n) is 6.01. The van der Waals surface area contributed by atoms with Gasteiger partial charge in [-0.1, -0.05) is 29.8 Å². The maximum absolute atomic E-state index is 12.2. The van der Waals surface area contributed by atoms with Crippen LogP contribution >= 0.6 is 11.6 Å². The van der Waals surface area contributed by atoms with E-state index < -0.39 is 11.9 Å². The molecule has 144 valence electrons. The Labute approximate surface area is 167 Å². The van der Waals surface area contributed by atoms with E-state index in [9.17, 15) is 9.59 Å². The minimum absolute atomic E-state index is 0.135. The van der Waals surface area contributed by atoms with Crippen LogP contribution in [-0.2, 0) is 14.3 Å². The van der Waals surface area contributed by atoms with Crippen LogP contribution in [0.25, 0.3) is 6.08 Å². The first-order valence-corrected chi connectivity index (χ1v) is 9.00. The molecule has 28 heavy (non-hydrogen) atoms. The number of hydrogen-bond acceptors (Lipinski definition) is 6. The summed E-state index contributed by atoms with van der Waals surface area (Å²) in [5.74, 6) is -0.387. The van der Waals surface area contributed by atoms with E-state index in [2.05, 4.69) is 4.99 Å². The second kappa shape index (κ2) is 8.27. The van der Waals surface area contributed by atoms with Gasteiger partial charge in [0.15, 0.2) is 17.2 Å². The molecule has 0 amide bonds. The van der Waals surface area contributed by atoms with Crippen molar-refractivity contribution in [1.82, 2.24) is 0 Å². The molecule has 1 heterocycles. The van der Waals surface area contributed by atoms with E-state index in [1.54, 1.807) is 25.1 Å². The zero-order chi connectivity index (χ0) is 20.3. The van der Waals surface area contributed by atoms with Crippen molar-refractivity contribution in [1.29, 1.82) is 0 Å². The van der Waals surface area contributed by atoms with E-state index in [4.69, 9.17) is 25.8 Å². The van der Waals surface area contributed by atoms with Crippen LogP contribution in [0, 0.1) is 6.92 Å². The summed E-state index contributed by atoms with van der Waals surface area (Å²) < 4.78 is 15.9. The highest BCUT2D eigenvalue weighted by molar-refractivity contribution is 6.32. The normalized spacial score (nSPS) is 14.6. The largest absolute Gasteiger partial charge is 0.490 e. The van der Waals surface area contributed by atoms with E-state index in [0.717, 1.165) is 11.1 Å². The summed E-state index contributed by atoms with van der Waals surface area (Å²) in [5, 5.41) is 0.183. The lowest BCUT2D eigenvalue weighted by Gasteiger charge is -2.12. The molecule has 0 atom stereocenters. The van der Waals surface area contributed by atoms with E-state index >= 15 is 0 Å². The molecule has 7 heteroatoms. The first-order chi connectivity index (χ1) is 13.4. The lowest BCUT2D eigenvalue weighted by atomic mass is 10.1. The first-order valence-electron chi connectivity index (χ1n) is 8.62. The van der Waals surface area contributed by atoms with Crippen LogP contribution in [0.5, 0.6) is 11.5 Å². The van der Waals surface area contributed by atoms with Gasteiger partial charge < -0.3 is 14.2 Å². The highest BCUT2D eigenvalue weighted by Crippen LogP contribution is 2.37. The predicted molar refractivity (Wildman–Crippen MR) is 106 cm³/mol. The Hall–Kier alpha value is -3.12. The first kappa shape index (κ1) is 19.6. The summed E-state index contributed by atoms with van der Waals surface area (Å²) >= 11 is 6.24. The van der Waals surface area contributed by atoms with Crippen molar-refractivity contribution in [2.75, 3.05) is 6.61 Å². The maximum atomic E-state index is 12.2. The third-order valence-electron chi connectivity index (χ3n) is 3.88. The van der Waals surface area contributed by atoms with Crippen molar-refractivity contribution >= 4 is 35.5 Å². The van der Waals surface area contributed by atoms with Gasteiger partial charge in [0, 0.05) is 12.5 Å². The summed E-state index contributed by atoms with van der Waals surface area (Å²) in [4.78, 5) is 27.9. The molecule has 2 aromatic rings. The number of esters is 2. The molecule has 0 N–H and O–H groups in total. The Morgan fingerprint density at radius 3 is 2.71 bits per heavy atom. The summed E-state index contributed by atoms with van der Waals surface area (Å²) in [7, 11) is 0. The van der Waals surface area contributed by atoms with E-state index in [0.29, 0.717) is 17.9 Å². The average Bonchev–Trinajstić information content (AvgIpc) is 2.99. The van der Waals surface area contributed by atoms with Gasteiger partial charge >= 0.3 is 11.9 Å². The standard InChI is InChI=1S/C21H18ClNO5/c1-4-26-18-11-14(9-16(22)19(18)27-13(3)24)10-17-21(25)28-20(23-17)15-8-6-5-7-12(15)2/h5-11H,4H2,1-3H3/b17-10-. The van der Waals surface area contributed by atoms with Crippen molar-refractivity contribution in [3.63, 3.8) is 0 Å². The van der Waals surface area contributed by atoms with Crippen molar-refractivity contribution in [3.8, 4) is 11.5 Å². The average molecular weight is 400 g/mol. The molecule has 0 saturated heterocycles. The fourth-order valence-electron chi connectivity index (χ4n) is 2.67. The number of hydrogen-bond donors (Lipinski definition) is 0. The molecule has 6 nitrogen and oxygen atoms in total. The number of cyclic esters (lactones) is 1. The Kier molecular flexibility index (Phi) is 5.80. The van der Waals surface area contributed by atoms with E-state index in [1.165, 1.54) is 6.92 Å². The molecule has 3 rings (SSSR count). The number of rotatable bonds is 5. The molecule has 0 unspecified atom stereocenters. The monoisotopic (exact) mass is 399 g/mol. The van der Waals surface area contributed by atoms with Crippen molar-refractivity contribution < 1.29 is 23.8 Å². The van der Waals surface area contributed by atoms with Gasteiger partial charge in [0.25, 0.3) is 0 Å². The van der Waals surface area contributed by atoms with Crippen LogP contribution in [0.2, 0.25) is 5.02 Å². The number of carbonyl (C=O) groups is 2. The molecule has 0 radical (unpaired) electrons. The third-order valence-corrected chi connectivity index (χ3v) is 4.16. The number of aryl methyl sites for hydroxylation is 1. The van der Waals surface area contributed by atoms with Gasteiger partial charge in [-0.25, -0.2) is 9.79 Å². The quantitative estimate of drug-likeness (QED) is 0.425. The number of benzene rings is 2. The van der Waals surface area contributed by atoms with Crippen LogP contribution in [0.15, 0.2) is 47.1 Å². The molecular formula is C21H18ClNO5. The molecule has 0 aromatic heterocycles. The van der Waals surface area contributed by atoms with Gasteiger partial charge in [0.1, 0.15) is 0 Å². The third kappa shape index (κ3) is 4.23. The molecule has 1 aliphatic heterocycles. The van der Waals surface area contributed by atoms with Crippen LogP contribution in [0.4, 0.5) is 0 Å². The zero-order valence-corrected chi connectivity index (χ0v) is 16.4.